The van der Waals surface area contributed by atoms with E-state index in [-0.39, 0.29) is 5.69 Å². The quantitative estimate of drug-likeness (QED) is 0.656. The first kappa shape index (κ1) is 10.7. The first-order valence-corrected chi connectivity index (χ1v) is 4.54. The van der Waals surface area contributed by atoms with Crippen molar-refractivity contribution < 1.29 is 5.11 Å². The lowest BCUT2D eigenvalue weighted by atomic mass is 10.4. The third-order valence-corrected chi connectivity index (χ3v) is 1.81. The van der Waals surface area contributed by atoms with Crippen LogP contribution in [0.5, 0.6) is 5.88 Å². The van der Waals surface area contributed by atoms with Crippen LogP contribution < -0.4 is 11.2 Å². The third-order valence-electron chi connectivity index (χ3n) is 1.81. The molecule has 0 aliphatic rings. The molecular formula is C9H7N5O3. The fraction of sp³-hybridized carbons (Fsp3) is 0. The second-order valence-corrected chi connectivity index (χ2v) is 3.02. The maximum absolute atomic E-state index is 11.3. The normalized spacial score (nSPS) is 10.8. The number of pyridine rings is 1. The van der Waals surface area contributed by atoms with Crippen LogP contribution in [0.2, 0.25) is 0 Å². The van der Waals surface area contributed by atoms with Crippen molar-refractivity contribution >= 4 is 11.4 Å². The van der Waals surface area contributed by atoms with E-state index in [1.807, 2.05) is 9.97 Å². The summed E-state index contributed by atoms with van der Waals surface area (Å²) in [6, 6.07) is 3.26. The average Bonchev–Trinajstić information content (AvgIpc) is 2.29. The predicted octanol–water partition coefficient (Wildman–Crippen LogP) is 0.579. The predicted molar refractivity (Wildman–Crippen MR) is 57.8 cm³/mol. The fourth-order valence-corrected chi connectivity index (χ4v) is 1.08. The van der Waals surface area contributed by atoms with Crippen LogP contribution in [0, 0.1) is 0 Å². The van der Waals surface area contributed by atoms with Crippen molar-refractivity contribution in [2.75, 3.05) is 0 Å². The monoisotopic (exact) mass is 233 g/mol. The molecule has 2 aromatic heterocycles. The zero-order valence-corrected chi connectivity index (χ0v) is 8.41. The van der Waals surface area contributed by atoms with Crippen LogP contribution >= 0.6 is 0 Å². The molecule has 2 rings (SSSR count). The lowest BCUT2D eigenvalue weighted by molar-refractivity contribution is 0.450. The highest BCUT2D eigenvalue weighted by Gasteiger charge is 2.06. The van der Waals surface area contributed by atoms with Crippen molar-refractivity contribution in [2.45, 2.75) is 0 Å². The zero-order valence-electron chi connectivity index (χ0n) is 8.41. The van der Waals surface area contributed by atoms with Gasteiger partial charge in [-0.25, -0.2) is 4.79 Å². The molecule has 0 aliphatic carbocycles. The summed E-state index contributed by atoms with van der Waals surface area (Å²) in [5, 5.41) is 16.5. The Kier molecular flexibility index (Phi) is 2.77. The molecule has 2 aromatic rings. The molecule has 0 saturated heterocycles. The number of H-pyrrole nitrogens is 2. The summed E-state index contributed by atoms with van der Waals surface area (Å²) in [6.07, 6.45) is 2.99. The molecule has 0 radical (unpaired) electrons. The molecular weight excluding hydrogens is 226 g/mol. The van der Waals surface area contributed by atoms with Gasteiger partial charge in [0.1, 0.15) is 5.69 Å². The molecule has 0 unspecified atom stereocenters. The van der Waals surface area contributed by atoms with Gasteiger partial charge >= 0.3 is 5.69 Å². The summed E-state index contributed by atoms with van der Waals surface area (Å²) in [4.78, 5) is 29.8. The van der Waals surface area contributed by atoms with Crippen LogP contribution in [-0.2, 0) is 0 Å². The van der Waals surface area contributed by atoms with Crippen LogP contribution in [0.4, 0.5) is 11.4 Å². The average molecular weight is 233 g/mol. The van der Waals surface area contributed by atoms with E-state index >= 15 is 0 Å². The summed E-state index contributed by atoms with van der Waals surface area (Å²) in [5.74, 6) is -0.633. The summed E-state index contributed by atoms with van der Waals surface area (Å²) < 4.78 is 0. The Morgan fingerprint density at radius 1 is 1.24 bits per heavy atom. The van der Waals surface area contributed by atoms with Gasteiger partial charge in [-0.15, -0.1) is 10.2 Å². The van der Waals surface area contributed by atoms with E-state index in [9.17, 15) is 14.7 Å². The minimum Gasteiger partial charge on any atom is -0.493 e. The fourth-order valence-electron chi connectivity index (χ4n) is 1.08. The molecule has 3 N–H and O–H groups in total. The number of aromatic hydroxyl groups is 1. The second-order valence-electron chi connectivity index (χ2n) is 3.02. The summed E-state index contributed by atoms with van der Waals surface area (Å²) >= 11 is 0. The number of rotatable bonds is 2. The van der Waals surface area contributed by atoms with E-state index in [1.54, 1.807) is 18.3 Å². The number of aromatic nitrogens is 3. The maximum Gasteiger partial charge on any atom is 0.328 e. The van der Waals surface area contributed by atoms with Crippen molar-refractivity contribution in [2.24, 2.45) is 10.2 Å². The number of nitrogens with one attached hydrogen (secondary N) is 2. The van der Waals surface area contributed by atoms with Crippen molar-refractivity contribution in [3.63, 3.8) is 0 Å². The minimum atomic E-state index is -0.820. The maximum atomic E-state index is 11.3. The van der Waals surface area contributed by atoms with Crippen LogP contribution in [0.3, 0.4) is 0 Å². The van der Waals surface area contributed by atoms with Crippen LogP contribution in [0.15, 0.2) is 44.3 Å². The molecule has 0 fully saturated rings. The van der Waals surface area contributed by atoms with Gasteiger partial charge in [0.2, 0.25) is 11.6 Å². The molecule has 0 saturated carbocycles. The van der Waals surface area contributed by atoms with Crippen LogP contribution in [0.25, 0.3) is 0 Å². The minimum absolute atomic E-state index is 0.367. The molecule has 0 spiro atoms. The number of aromatic amines is 2. The smallest absolute Gasteiger partial charge is 0.328 e. The lowest BCUT2D eigenvalue weighted by Gasteiger charge is -1.94. The van der Waals surface area contributed by atoms with Crippen molar-refractivity contribution in [3.8, 4) is 5.88 Å². The molecule has 8 heteroatoms. The Balaban J connectivity index is 2.41. The Morgan fingerprint density at radius 2 is 2.06 bits per heavy atom. The molecule has 17 heavy (non-hydrogen) atoms. The van der Waals surface area contributed by atoms with E-state index in [1.165, 1.54) is 6.20 Å². The van der Waals surface area contributed by atoms with Gasteiger partial charge < -0.3 is 5.11 Å². The molecule has 2 heterocycles. The third kappa shape index (κ3) is 2.43. The summed E-state index contributed by atoms with van der Waals surface area (Å²) in [6.45, 7) is 0. The van der Waals surface area contributed by atoms with Gasteiger partial charge in [0, 0.05) is 6.20 Å². The molecule has 0 aliphatic heterocycles. The zero-order chi connectivity index (χ0) is 12.3. The number of hydrogen-bond acceptors (Lipinski definition) is 6. The number of azo groups is 1. The summed E-state index contributed by atoms with van der Waals surface area (Å²) in [5.41, 5.74) is -1.59. The van der Waals surface area contributed by atoms with Crippen molar-refractivity contribution in [1.29, 1.82) is 0 Å². The highest BCUT2D eigenvalue weighted by atomic mass is 16.3. The van der Waals surface area contributed by atoms with Gasteiger partial charge in [-0.05, 0) is 12.1 Å². The molecule has 8 nitrogen and oxygen atoms in total. The van der Waals surface area contributed by atoms with Gasteiger partial charge in [0.15, 0.2) is 0 Å². The van der Waals surface area contributed by atoms with Crippen molar-refractivity contribution in [3.05, 3.63) is 45.4 Å². The van der Waals surface area contributed by atoms with E-state index in [2.05, 4.69) is 15.2 Å². The van der Waals surface area contributed by atoms with E-state index in [0.717, 1.165) is 0 Å². The van der Waals surface area contributed by atoms with Gasteiger partial charge in [-0.1, -0.05) is 0 Å². The van der Waals surface area contributed by atoms with E-state index < -0.39 is 17.1 Å². The van der Waals surface area contributed by atoms with E-state index in [4.69, 9.17) is 0 Å². The number of nitrogens with zero attached hydrogens (tertiary/aromatic N) is 3. The molecule has 0 bridgehead atoms. The first-order chi connectivity index (χ1) is 8.16. The first-order valence-electron chi connectivity index (χ1n) is 4.54. The van der Waals surface area contributed by atoms with E-state index in [0.29, 0.717) is 5.69 Å². The Labute approximate surface area is 93.7 Å². The Bertz CT molecular complexity index is 658. The lowest BCUT2D eigenvalue weighted by Crippen LogP contribution is -2.20. The second kappa shape index (κ2) is 4.39. The van der Waals surface area contributed by atoms with Gasteiger partial charge in [-0.3, -0.25) is 19.7 Å². The largest absolute Gasteiger partial charge is 0.493 e. The molecule has 0 amide bonds. The molecule has 0 aromatic carbocycles. The van der Waals surface area contributed by atoms with Gasteiger partial charge in [0.05, 0.1) is 6.20 Å². The Hall–Kier alpha value is -2.77. The highest BCUT2D eigenvalue weighted by Crippen LogP contribution is 2.19. The van der Waals surface area contributed by atoms with Crippen LogP contribution in [-0.4, -0.2) is 20.1 Å². The topological polar surface area (TPSA) is 124 Å². The van der Waals surface area contributed by atoms with Gasteiger partial charge in [0.25, 0.3) is 5.56 Å². The standard InChI is InChI=1S/C9H7N5O3/c15-7-6(8(16)12-9(17)11-7)14-13-5-2-1-3-10-4-5/h1-4H,(H3,11,12,15,16,17). The van der Waals surface area contributed by atoms with Gasteiger partial charge in [-0.2, -0.15) is 0 Å². The van der Waals surface area contributed by atoms with Crippen molar-refractivity contribution in [1.82, 2.24) is 15.0 Å². The SMILES string of the molecule is O=c1[nH]c(O)c(N=Nc2cccnc2)c(=O)[nH]1. The Morgan fingerprint density at radius 3 is 2.71 bits per heavy atom. The summed E-state index contributed by atoms with van der Waals surface area (Å²) in [7, 11) is 0. The molecule has 86 valence electrons. The highest BCUT2D eigenvalue weighted by molar-refractivity contribution is 5.43. The number of hydrogen-bond donors (Lipinski definition) is 3. The molecule has 0 atom stereocenters. The van der Waals surface area contributed by atoms with Crippen LogP contribution in [0.1, 0.15) is 0 Å².